The molecule has 2 aromatic heterocycles. The molecule has 7 heteroatoms. The summed E-state index contributed by atoms with van der Waals surface area (Å²) in [6.45, 7) is 7.65. The smallest absolute Gasteiger partial charge is 0.225 e. The van der Waals surface area contributed by atoms with E-state index in [0.717, 1.165) is 43.7 Å². The molecule has 2 aromatic rings. The number of likely N-dealkylation sites (tertiary alicyclic amines) is 1. The Balaban J connectivity index is 1.66. The minimum Gasteiger partial charge on any atom is -0.340 e. The van der Waals surface area contributed by atoms with Crippen LogP contribution in [0.4, 0.5) is 0 Å². The molecule has 1 saturated heterocycles. The van der Waals surface area contributed by atoms with Gasteiger partial charge >= 0.3 is 0 Å². The summed E-state index contributed by atoms with van der Waals surface area (Å²) in [4.78, 5) is 18.9. The van der Waals surface area contributed by atoms with Crippen LogP contribution in [0.1, 0.15) is 42.8 Å². The van der Waals surface area contributed by atoms with E-state index in [2.05, 4.69) is 22.1 Å². The van der Waals surface area contributed by atoms with E-state index in [1.54, 1.807) is 12.7 Å². The number of nitrogens with zero attached hydrogens (tertiary/aromatic N) is 6. The van der Waals surface area contributed by atoms with Gasteiger partial charge in [-0.2, -0.15) is 10.2 Å². The van der Waals surface area contributed by atoms with E-state index < -0.39 is 0 Å². The Kier molecular flexibility index (Phi) is 4.69. The first-order valence-electron chi connectivity index (χ1n) is 8.59. The molecule has 1 fully saturated rings. The molecule has 1 amide bonds. The Morgan fingerprint density at radius 2 is 2.21 bits per heavy atom. The molecule has 0 unspecified atom stereocenters. The van der Waals surface area contributed by atoms with Crippen LogP contribution in [0, 0.1) is 19.8 Å². The molecule has 0 saturated carbocycles. The number of aryl methyl sites for hydroxylation is 2. The fourth-order valence-corrected chi connectivity index (χ4v) is 3.59. The molecule has 1 aliphatic heterocycles. The number of carbonyl (C=O) groups is 1. The summed E-state index contributed by atoms with van der Waals surface area (Å²) in [7, 11) is 1.95. The predicted octanol–water partition coefficient (Wildman–Crippen LogP) is 1.67. The van der Waals surface area contributed by atoms with Crippen LogP contribution in [-0.4, -0.2) is 48.4 Å². The summed E-state index contributed by atoms with van der Waals surface area (Å²) in [6.07, 6.45) is 6.09. The molecule has 0 bridgehead atoms. The van der Waals surface area contributed by atoms with Crippen LogP contribution in [0.15, 0.2) is 12.7 Å². The lowest BCUT2D eigenvalue weighted by Crippen LogP contribution is -2.43. The van der Waals surface area contributed by atoms with Gasteiger partial charge in [0.2, 0.25) is 5.91 Å². The van der Waals surface area contributed by atoms with Crippen LogP contribution in [-0.2, 0) is 18.3 Å². The fraction of sp³-hybridized carbons (Fsp3) is 0.647. The summed E-state index contributed by atoms with van der Waals surface area (Å²) in [5, 5.41) is 8.68. The maximum atomic E-state index is 12.9. The average Bonchev–Trinajstić information content (AvgIpc) is 3.19. The summed E-state index contributed by atoms with van der Waals surface area (Å²) in [6, 6.07) is 0.235. The van der Waals surface area contributed by atoms with Crippen LogP contribution in [0.3, 0.4) is 0 Å². The quantitative estimate of drug-likeness (QED) is 0.855. The normalized spacial score (nSPS) is 19.5. The van der Waals surface area contributed by atoms with Crippen molar-refractivity contribution in [2.75, 3.05) is 13.1 Å². The van der Waals surface area contributed by atoms with Gasteiger partial charge in [-0.3, -0.25) is 9.48 Å². The van der Waals surface area contributed by atoms with Crippen molar-refractivity contribution in [1.82, 2.24) is 29.4 Å². The molecule has 0 aliphatic carbocycles. The van der Waals surface area contributed by atoms with E-state index in [-0.39, 0.29) is 17.9 Å². The van der Waals surface area contributed by atoms with E-state index in [1.165, 1.54) is 5.56 Å². The first-order valence-corrected chi connectivity index (χ1v) is 8.59. The minimum atomic E-state index is -0.0407. The van der Waals surface area contributed by atoms with Gasteiger partial charge in [-0.25, -0.2) is 9.67 Å². The van der Waals surface area contributed by atoms with E-state index >= 15 is 0 Å². The van der Waals surface area contributed by atoms with E-state index in [9.17, 15) is 4.79 Å². The average molecular weight is 330 g/mol. The number of amides is 1. The number of aromatic nitrogens is 5. The Bertz CT molecular complexity index is 705. The molecule has 0 spiro atoms. The number of hydrogen-bond donors (Lipinski definition) is 0. The molecular weight excluding hydrogens is 304 g/mol. The molecule has 24 heavy (non-hydrogen) atoms. The number of hydrogen-bond acceptors (Lipinski definition) is 4. The first kappa shape index (κ1) is 16.7. The zero-order valence-electron chi connectivity index (χ0n) is 14.9. The molecule has 0 N–H and O–H groups in total. The Morgan fingerprint density at radius 1 is 1.42 bits per heavy atom. The molecule has 3 rings (SSSR count). The van der Waals surface area contributed by atoms with Crippen LogP contribution in [0.2, 0.25) is 0 Å². The lowest BCUT2D eigenvalue weighted by atomic mass is 9.96. The van der Waals surface area contributed by atoms with E-state index in [0.29, 0.717) is 0 Å². The van der Waals surface area contributed by atoms with Gasteiger partial charge in [0.1, 0.15) is 12.7 Å². The van der Waals surface area contributed by atoms with Gasteiger partial charge in [-0.05, 0) is 38.7 Å². The van der Waals surface area contributed by atoms with Crippen molar-refractivity contribution in [1.29, 1.82) is 0 Å². The van der Waals surface area contributed by atoms with Crippen LogP contribution >= 0.6 is 0 Å². The van der Waals surface area contributed by atoms with Crippen molar-refractivity contribution in [2.24, 2.45) is 13.0 Å². The third kappa shape index (κ3) is 3.20. The van der Waals surface area contributed by atoms with Gasteiger partial charge in [0.25, 0.3) is 0 Å². The summed E-state index contributed by atoms with van der Waals surface area (Å²) >= 11 is 0. The maximum Gasteiger partial charge on any atom is 0.225 e. The molecule has 3 heterocycles. The standard InChI is InChI=1S/C17H26N6O/c1-12(8-16-13(2)20-21(4)14(16)3)17(24)22-7-5-6-15(9-22)23-11-18-10-19-23/h10-12,15H,5-9H2,1-4H3/t12-,15-/m1/s1. The van der Waals surface area contributed by atoms with Crippen LogP contribution in [0.25, 0.3) is 0 Å². The Hall–Kier alpha value is -2.18. The van der Waals surface area contributed by atoms with Crippen molar-refractivity contribution in [2.45, 2.75) is 46.1 Å². The highest BCUT2D eigenvalue weighted by atomic mass is 16.2. The van der Waals surface area contributed by atoms with Crippen molar-refractivity contribution in [3.8, 4) is 0 Å². The monoisotopic (exact) mass is 330 g/mol. The highest BCUT2D eigenvalue weighted by Gasteiger charge is 2.28. The minimum absolute atomic E-state index is 0.0407. The van der Waals surface area contributed by atoms with Gasteiger partial charge in [-0.15, -0.1) is 0 Å². The summed E-state index contributed by atoms with van der Waals surface area (Å²) in [5.74, 6) is 0.184. The zero-order chi connectivity index (χ0) is 17.3. The van der Waals surface area contributed by atoms with Crippen molar-refractivity contribution >= 4 is 5.91 Å². The second-order valence-corrected chi connectivity index (χ2v) is 6.83. The maximum absolute atomic E-state index is 12.9. The van der Waals surface area contributed by atoms with Gasteiger partial charge in [0, 0.05) is 31.7 Å². The number of carbonyl (C=O) groups excluding carboxylic acids is 1. The predicted molar refractivity (Wildman–Crippen MR) is 90.4 cm³/mol. The highest BCUT2D eigenvalue weighted by Crippen LogP contribution is 2.24. The Labute approximate surface area is 142 Å². The lowest BCUT2D eigenvalue weighted by Gasteiger charge is -2.34. The van der Waals surface area contributed by atoms with Gasteiger partial charge < -0.3 is 4.90 Å². The molecule has 0 radical (unpaired) electrons. The van der Waals surface area contributed by atoms with Gasteiger partial charge in [0.05, 0.1) is 11.7 Å². The second-order valence-electron chi connectivity index (χ2n) is 6.83. The molecule has 2 atom stereocenters. The van der Waals surface area contributed by atoms with E-state index in [1.807, 2.05) is 35.2 Å². The zero-order valence-corrected chi connectivity index (χ0v) is 14.9. The topological polar surface area (TPSA) is 68.8 Å². The number of rotatable bonds is 4. The fourth-order valence-electron chi connectivity index (χ4n) is 3.59. The molecule has 0 aromatic carbocycles. The highest BCUT2D eigenvalue weighted by molar-refractivity contribution is 5.79. The van der Waals surface area contributed by atoms with Crippen LogP contribution in [0.5, 0.6) is 0 Å². The largest absolute Gasteiger partial charge is 0.340 e. The molecular formula is C17H26N6O. The molecule has 1 aliphatic rings. The molecule has 7 nitrogen and oxygen atoms in total. The third-order valence-corrected chi connectivity index (χ3v) is 5.11. The Morgan fingerprint density at radius 3 is 2.83 bits per heavy atom. The van der Waals surface area contributed by atoms with Gasteiger partial charge in [0.15, 0.2) is 0 Å². The molecule has 130 valence electrons. The van der Waals surface area contributed by atoms with Crippen molar-refractivity contribution in [3.05, 3.63) is 29.6 Å². The lowest BCUT2D eigenvalue weighted by molar-refractivity contribution is -0.136. The first-order chi connectivity index (χ1) is 11.5. The van der Waals surface area contributed by atoms with Crippen molar-refractivity contribution in [3.63, 3.8) is 0 Å². The summed E-state index contributed by atoms with van der Waals surface area (Å²) in [5.41, 5.74) is 3.36. The third-order valence-electron chi connectivity index (χ3n) is 5.11. The number of piperidine rings is 1. The van der Waals surface area contributed by atoms with Crippen LogP contribution < -0.4 is 0 Å². The van der Waals surface area contributed by atoms with Gasteiger partial charge in [-0.1, -0.05) is 6.92 Å². The van der Waals surface area contributed by atoms with E-state index in [4.69, 9.17) is 0 Å². The second kappa shape index (κ2) is 6.75. The SMILES string of the molecule is Cc1nn(C)c(C)c1C[C@@H](C)C(=O)N1CCC[C@@H](n2cncn2)C1. The van der Waals surface area contributed by atoms with Crippen molar-refractivity contribution < 1.29 is 4.79 Å². The summed E-state index contributed by atoms with van der Waals surface area (Å²) < 4.78 is 3.77.